The van der Waals surface area contributed by atoms with Crippen LogP contribution in [-0.2, 0) is 32.6 Å². The van der Waals surface area contributed by atoms with Gasteiger partial charge in [0.1, 0.15) is 18.4 Å². The van der Waals surface area contributed by atoms with Crippen LogP contribution >= 0.6 is 0 Å². The van der Waals surface area contributed by atoms with Gasteiger partial charge in [-0.05, 0) is 23.8 Å². The third-order valence-corrected chi connectivity index (χ3v) is 6.68. The number of hydrogen-bond acceptors (Lipinski definition) is 4. The van der Waals surface area contributed by atoms with Crippen molar-refractivity contribution in [2.24, 2.45) is 0 Å². The number of benzene rings is 3. The Morgan fingerprint density at radius 1 is 0.914 bits per heavy atom. The fraction of sp³-hybridized carbons (Fsp3) is 0.231. The summed E-state index contributed by atoms with van der Waals surface area (Å²) in [5.41, 5.74) is 1.33. The standard InChI is InChI=1S/C26H28FN3O4S/c1-28-26(32)24(17-20-11-5-3-6-12-20)29(18-21-13-9-10-16-23(21)27)25(31)19-30(35(2,33)34)22-14-7-4-8-15-22/h3-16,24H,17-19H2,1-2H3,(H,28,32). The number of hydrogen-bond donors (Lipinski definition) is 1. The molecule has 3 rings (SSSR count). The number of sulfonamides is 1. The number of amides is 2. The number of rotatable bonds is 10. The van der Waals surface area contributed by atoms with E-state index in [1.165, 1.54) is 30.1 Å². The first kappa shape index (κ1) is 25.9. The van der Waals surface area contributed by atoms with E-state index in [0.29, 0.717) is 5.69 Å². The average molecular weight is 498 g/mol. The molecule has 184 valence electrons. The summed E-state index contributed by atoms with van der Waals surface area (Å²) >= 11 is 0. The van der Waals surface area contributed by atoms with Gasteiger partial charge in [0.25, 0.3) is 0 Å². The summed E-state index contributed by atoms with van der Waals surface area (Å²) in [4.78, 5) is 27.9. The van der Waals surface area contributed by atoms with Crippen LogP contribution in [0.3, 0.4) is 0 Å². The van der Waals surface area contributed by atoms with Gasteiger partial charge in [-0.1, -0.05) is 66.7 Å². The Morgan fingerprint density at radius 2 is 1.49 bits per heavy atom. The van der Waals surface area contributed by atoms with Crippen molar-refractivity contribution in [3.8, 4) is 0 Å². The highest BCUT2D eigenvalue weighted by atomic mass is 32.2. The number of likely N-dealkylation sites (N-methyl/N-ethyl adjacent to an activating group) is 1. The third-order valence-electron chi connectivity index (χ3n) is 5.54. The molecular formula is C26H28FN3O4S. The van der Waals surface area contributed by atoms with Gasteiger partial charge in [0, 0.05) is 25.6 Å². The fourth-order valence-electron chi connectivity index (χ4n) is 3.74. The minimum atomic E-state index is -3.83. The smallest absolute Gasteiger partial charge is 0.244 e. The Balaban J connectivity index is 2.02. The monoisotopic (exact) mass is 497 g/mol. The highest BCUT2D eigenvalue weighted by Crippen LogP contribution is 2.20. The number of nitrogens with one attached hydrogen (secondary N) is 1. The van der Waals surface area contributed by atoms with Crippen molar-refractivity contribution >= 4 is 27.5 Å². The Bertz CT molecular complexity index is 1250. The van der Waals surface area contributed by atoms with Crippen LogP contribution in [0.4, 0.5) is 10.1 Å². The Labute approximate surface area is 205 Å². The maximum Gasteiger partial charge on any atom is 0.244 e. The molecule has 0 aliphatic heterocycles. The van der Waals surface area contributed by atoms with Crippen molar-refractivity contribution in [3.05, 3.63) is 102 Å². The first-order chi connectivity index (χ1) is 16.7. The summed E-state index contributed by atoms with van der Waals surface area (Å²) in [5, 5.41) is 2.58. The lowest BCUT2D eigenvalue weighted by Gasteiger charge is -2.33. The van der Waals surface area contributed by atoms with E-state index in [0.717, 1.165) is 16.1 Å². The molecule has 1 atom stereocenters. The van der Waals surface area contributed by atoms with Crippen LogP contribution in [0.25, 0.3) is 0 Å². The van der Waals surface area contributed by atoms with E-state index in [2.05, 4.69) is 5.32 Å². The second-order valence-corrected chi connectivity index (χ2v) is 9.94. The van der Waals surface area contributed by atoms with Gasteiger partial charge >= 0.3 is 0 Å². The van der Waals surface area contributed by atoms with E-state index in [4.69, 9.17) is 0 Å². The first-order valence-electron chi connectivity index (χ1n) is 11.0. The molecule has 0 aliphatic carbocycles. The Hall–Kier alpha value is -3.72. The fourth-order valence-corrected chi connectivity index (χ4v) is 4.59. The van der Waals surface area contributed by atoms with Gasteiger partial charge in [-0.2, -0.15) is 0 Å². The summed E-state index contributed by atoms with van der Waals surface area (Å²) in [6.45, 7) is -0.748. The topological polar surface area (TPSA) is 86.8 Å². The van der Waals surface area contributed by atoms with Crippen molar-refractivity contribution in [2.45, 2.75) is 19.0 Å². The van der Waals surface area contributed by atoms with Gasteiger partial charge in [0.05, 0.1) is 11.9 Å². The molecule has 9 heteroatoms. The van der Waals surface area contributed by atoms with Crippen LogP contribution < -0.4 is 9.62 Å². The number of halogens is 1. The summed E-state index contributed by atoms with van der Waals surface area (Å²) in [5.74, 6) is -1.60. The zero-order valence-electron chi connectivity index (χ0n) is 19.6. The van der Waals surface area contributed by atoms with Crippen molar-refractivity contribution in [3.63, 3.8) is 0 Å². The van der Waals surface area contributed by atoms with Crippen LogP contribution in [0.15, 0.2) is 84.9 Å². The van der Waals surface area contributed by atoms with Crippen LogP contribution in [0.5, 0.6) is 0 Å². The van der Waals surface area contributed by atoms with Crippen LogP contribution in [0, 0.1) is 5.82 Å². The van der Waals surface area contributed by atoms with Gasteiger partial charge < -0.3 is 10.2 Å². The highest BCUT2D eigenvalue weighted by Gasteiger charge is 2.33. The van der Waals surface area contributed by atoms with Gasteiger partial charge in [-0.3, -0.25) is 13.9 Å². The molecule has 0 saturated carbocycles. The first-order valence-corrected chi connectivity index (χ1v) is 12.9. The van der Waals surface area contributed by atoms with Gasteiger partial charge in [0.2, 0.25) is 21.8 Å². The molecule has 7 nitrogen and oxygen atoms in total. The van der Waals surface area contributed by atoms with E-state index in [-0.39, 0.29) is 18.5 Å². The summed E-state index contributed by atoms with van der Waals surface area (Å²) in [7, 11) is -2.37. The van der Waals surface area contributed by atoms with E-state index < -0.39 is 40.2 Å². The Kier molecular flexibility index (Phi) is 8.59. The SMILES string of the molecule is CNC(=O)C(Cc1ccccc1)N(Cc1ccccc1F)C(=O)CN(c1ccccc1)S(C)(=O)=O. The Morgan fingerprint density at radius 3 is 2.06 bits per heavy atom. The minimum Gasteiger partial charge on any atom is -0.357 e. The average Bonchev–Trinajstić information content (AvgIpc) is 2.85. The molecule has 0 spiro atoms. The molecule has 1 N–H and O–H groups in total. The van der Waals surface area contributed by atoms with E-state index in [1.807, 2.05) is 30.3 Å². The quantitative estimate of drug-likeness (QED) is 0.467. The zero-order valence-corrected chi connectivity index (χ0v) is 20.4. The van der Waals surface area contributed by atoms with Crippen LogP contribution in [0.1, 0.15) is 11.1 Å². The predicted molar refractivity (Wildman–Crippen MR) is 134 cm³/mol. The maximum atomic E-state index is 14.6. The van der Waals surface area contributed by atoms with Gasteiger partial charge in [0.15, 0.2) is 0 Å². The van der Waals surface area contributed by atoms with Crippen molar-refractivity contribution in [2.75, 3.05) is 24.2 Å². The molecule has 3 aromatic rings. The summed E-state index contributed by atoms with van der Waals surface area (Å²) < 4.78 is 40.7. The number of anilines is 1. The molecule has 0 heterocycles. The molecule has 3 aromatic carbocycles. The maximum absolute atomic E-state index is 14.6. The molecule has 0 fully saturated rings. The molecule has 0 saturated heterocycles. The molecule has 35 heavy (non-hydrogen) atoms. The largest absolute Gasteiger partial charge is 0.357 e. The van der Waals surface area contributed by atoms with Crippen LogP contribution in [-0.4, -0.2) is 51.0 Å². The number of para-hydroxylation sites is 1. The zero-order chi connectivity index (χ0) is 25.4. The number of nitrogens with zero attached hydrogens (tertiary/aromatic N) is 2. The van der Waals surface area contributed by atoms with E-state index in [1.54, 1.807) is 36.4 Å². The summed E-state index contributed by atoms with van der Waals surface area (Å²) in [6, 6.07) is 22.3. The third kappa shape index (κ3) is 6.89. The lowest BCUT2D eigenvalue weighted by atomic mass is 10.0. The second-order valence-electron chi connectivity index (χ2n) is 8.04. The molecule has 2 amide bonds. The summed E-state index contributed by atoms with van der Waals surface area (Å²) in [6.07, 6.45) is 1.18. The molecule has 1 unspecified atom stereocenters. The number of carbonyl (C=O) groups is 2. The van der Waals surface area contributed by atoms with Gasteiger partial charge in [-0.15, -0.1) is 0 Å². The van der Waals surface area contributed by atoms with E-state index >= 15 is 0 Å². The molecule has 0 aromatic heterocycles. The van der Waals surface area contributed by atoms with Crippen molar-refractivity contribution in [1.29, 1.82) is 0 Å². The predicted octanol–water partition coefficient (Wildman–Crippen LogP) is 2.98. The van der Waals surface area contributed by atoms with Crippen molar-refractivity contribution < 1.29 is 22.4 Å². The van der Waals surface area contributed by atoms with Crippen molar-refractivity contribution in [1.82, 2.24) is 10.2 Å². The minimum absolute atomic E-state index is 0.172. The highest BCUT2D eigenvalue weighted by molar-refractivity contribution is 7.92. The van der Waals surface area contributed by atoms with E-state index in [9.17, 15) is 22.4 Å². The lowest BCUT2D eigenvalue weighted by molar-refractivity contribution is -0.139. The van der Waals surface area contributed by atoms with Crippen LogP contribution in [0.2, 0.25) is 0 Å². The normalized spacial score (nSPS) is 12.0. The molecular weight excluding hydrogens is 469 g/mol. The molecule has 0 radical (unpaired) electrons. The molecule has 0 bridgehead atoms. The number of carbonyl (C=O) groups excluding carboxylic acids is 2. The van der Waals surface area contributed by atoms with Gasteiger partial charge in [-0.25, -0.2) is 12.8 Å². The second kappa shape index (κ2) is 11.6. The lowest BCUT2D eigenvalue weighted by Crippen LogP contribution is -2.53. The molecule has 0 aliphatic rings.